The SMILES string of the molecule is O=C(CSc1nncs1)NCC12CC3CC(CC(C3)C1)C2. The molecule has 1 heterocycles. The van der Waals surface area contributed by atoms with Crippen molar-refractivity contribution < 1.29 is 4.79 Å². The molecule has 1 N–H and O–H groups in total. The molecule has 114 valence electrons. The van der Waals surface area contributed by atoms with Gasteiger partial charge in [0.15, 0.2) is 4.34 Å². The lowest BCUT2D eigenvalue weighted by Gasteiger charge is -2.56. The van der Waals surface area contributed by atoms with Crippen molar-refractivity contribution in [1.82, 2.24) is 15.5 Å². The van der Waals surface area contributed by atoms with Crippen molar-refractivity contribution in [2.45, 2.75) is 42.9 Å². The van der Waals surface area contributed by atoms with E-state index in [1.54, 1.807) is 5.51 Å². The Morgan fingerprint density at radius 2 is 1.95 bits per heavy atom. The quantitative estimate of drug-likeness (QED) is 0.847. The van der Waals surface area contributed by atoms with E-state index in [2.05, 4.69) is 15.5 Å². The van der Waals surface area contributed by atoms with Crippen LogP contribution in [0.2, 0.25) is 0 Å². The van der Waals surface area contributed by atoms with Gasteiger partial charge in [0.25, 0.3) is 0 Å². The Bertz CT molecular complexity index is 482. The van der Waals surface area contributed by atoms with Crippen LogP contribution < -0.4 is 5.32 Å². The Labute approximate surface area is 133 Å². The molecule has 1 amide bonds. The molecule has 0 saturated heterocycles. The van der Waals surface area contributed by atoms with Crippen LogP contribution in [0, 0.1) is 23.2 Å². The molecule has 0 atom stereocenters. The predicted molar refractivity (Wildman–Crippen MR) is 84.2 cm³/mol. The molecule has 4 aliphatic carbocycles. The fourth-order valence-corrected chi connectivity index (χ4v) is 6.52. The number of nitrogens with one attached hydrogen (secondary N) is 1. The van der Waals surface area contributed by atoms with Gasteiger partial charge in [-0.05, 0) is 61.7 Å². The maximum Gasteiger partial charge on any atom is 0.230 e. The van der Waals surface area contributed by atoms with Crippen molar-refractivity contribution in [2.24, 2.45) is 23.2 Å². The summed E-state index contributed by atoms with van der Waals surface area (Å²) in [6.45, 7) is 0.895. The number of amides is 1. The van der Waals surface area contributed by atoms with E-state index in [-0.39, 0.29) is 5.91 Å². The molecule has 4 bridgehead atoms. The van der Waals surface area contributed by atoms with Crippen molar-refractivity contribution >= 4 is 29.0 Å². The highest BCUT2D eigenvalue weighted by molar-refractivity contribution is 8.01. The summed E-state index contributed by atoms with van der Waals surface area (Å²) in [5, 5.41) is 10.9. The first-order chi connectivity index (χ1) is 10.2. The molecular weight excluding hydrogens is 302 g/mol. The van der Waals surface area contributed by atoms with Crippen molar-refractivity contribution in [3.8, 4) is 0 Å². The summed E-state index contributed by atoms with van der Waals surface area (Å²) in [5.41, 5.74) is 2.13. The summed E-state index contributed by atoms with van der Waals surface area (Å²) < 4.78 is 0.875. The fraction of sp³-hybridized carbons (Fsp3) is 0.800. The van der Waals surface area contributed by atoms with Crippen molar-refractivity contribution in [3.63, 3.8) is 0 Å². The first-order valence-electron chi connectivity index (χ1n) is 7.86. The van der Waals surface area contributed by atoms with E-state index in [1.165, 1.54) is 61.6 Å². The van der Waals surface area contributed by atoms with Gasteiger partial charge in [0, 0.05) is 6.54 Å². The highest BCUT2D eigenvalue weighted by Crippen LogP contribution is 2.59. The molecule has 0 radical (unpaired) electrons. The maximum absolute atomic E-state index is 12.1. The lowest BCUT2D eigenvalue weighted by molar-refractivity contribution is -0.120. The highest BCUT2D eigenvalue weighted by atomic mass is 32.2. The minimum atomic E-state index is 0.144. The van der Waals surface area contributed by atoms with Gasteiger partial charge in [-0.1, -0.05) is 23.1 Å². The molecule has 4 nitrogen and oxygen atoms in total. The maximum atomic E-state index is 12.1. The second-order valence-electron chi connectivity index (χ2n) is 7.19. The molecule has 0 unspecified atom stereocenters. The zero-order valence-electron chi connectivity index (χ0n) is 12.1. The summed E-state index contributed by atoms with van der Waals surface area (Å²) in [6.07, 6.45) is 8.43. The Kier molecular flexibility index (Phi) is 3.69. The van der Waals surface area contributed by atoms with Gasteiger partial charge < -0.3 is 5.32 Å². The summed E-state index contributed by atoms with van der Waals surface area (Å²) >= 11 is 2.98. The average molecular weight is 323 g/mol. The Hall–Kier alpha value is -0.620. The van der Waals surface area contributed by atoms with E-state index in [0.29, 0.717) is 11.2 Å². The van der Waals surface area contributed by atoms with Crippen molar-refractivity contribution in [3.05, 3.63) is 5.51 Å². The Balaban J connectivity index is 1.29. The van der Waals surface area contributed by atoms with Crippen molar-refractivity contribution in [2.75, 3.05) is 12.3 Å². The van der Waals surface area contributed by atoms with Crippen LogP contribution in [0.1, 0.15) is 38.5 Å². The number of hydrogen-bond donors (Lipinski definition) is 1. The second kappa shape index (κ2) is 5.54. The van der Waals surface area contributed by atoms with Crippen LogP contribution in [0.15, 0.2) is 9.85 Å². The van der Waals surface area contributed by atoms with Crippen LogP contribution in [-0.4, -0.2) is 28.4 Å². The topological polar surface area (TPSA) is 54.9 Å². The van der Waals surface area contributed by atoms with E-state index in [9.17, 15) is 4.79 Å². The minimum absolute atomic E-state index is 0.144. The van der Waals surface area contributed by atoms with Crippen LogP contribution in [0.3, 0.4) is 0 Å². The molecule has 4 aliphatic rings. The number of rotatable bonds is 5. The minimum Gasteiger partial charge on any atom is -0.355 e. The summed E-state index contributed by atoms with van der Waals surface area (Å²) in [7, 11) is 0. The molecule has 21 heavy (non-hydrogen) atoms. The number of thioether (sulfide) groups is 1. The summed E-state index contributed by atoms with van der Waals surface area (Å²) in [4.78, 5) is 12.1. The van der Waals surface area contributed by atoms with Gasteiger partial charge in [-0.2, -0.15) is 0 Å². The number of carbonyl (C=O) groups excluding carboxylic acids is 1. The van der Waals surface area contributed by atoms with Crippen LogP contribution in [0.5, 0.6) is 0 Å². The fourth-order valence-electron chi connectivity index (χ4n) is 5.20. The predicted octanol–water partition coefficient (Wildman–Crippen LogP) is 2.96. The number of nitrogens with zero attached hydrogens (tertiary/aromatic N) is 2. The molecule has 6 heteroatoms. The third-order valence-electron chi connectivity index (χ3n) is 5.49. The largest absolute Gasteiger partial charge is 0.355 e. The number of carbonyl (C=O) groups is 1. The van der Waals surface area contributed by atoms with Crippen LogP contribution in [-0.2, 0) is 4.79 Å². The smallest absolute Gasteiger partial charge is 0.230 e. The van der Waals surface area contributed by atoms with Gasteiger partial charge in [-0.15, -0.1) is 10.2 Å². The molecule has 0 aliphatic heterocycles. The second-order valence-corrected chi connectivity index (χ2v) is 9.24. The Morgan fingerprint density at radius 3 is 2.52 bits per heavy atom. The molecule has 0 spiro atoms. The number of hydrogen-bond acceptors (Lipinski definition) is 5. The van der Waals surface area contributed by atoms with E-state index >= 15 is 0 Å². The zero-order chi connectivity index (χ0) is 14.3. The Morgan fingerprint density at radius 1 is 1.29 bits per heavy atom. The van der Waals surface area contributed by atoms with Gasteiger partial charge >= 0.3 is 0 Å². The van der Waals surface area contributed by atoms with Gasteiger partial charge in [0.2, 0.25) is 5.91 Å². The molecular formula is C15H21N3OS2. The van der Waals surface area contributed by atoms with E-state index < -0.39 is 0 Å². The van der Waals surface area contributed by atoms with Crippen LogP contribution >= 0.6 is 23.1 Å². The standard InChI is InChI=1S/C15H21N3OS2/c19-13(7-20-14-18-17-9-21-14)16-8-15-4-10-1-11(5-15)3-12(2-10)6-15/h9-12H,1-8H2,(H,16,19). The van der Waals surface area contributed by atoms with Crippen molar-refractivity contribution in [1.29, 1.82) is 0 Å². The average Bonchev–Trinajstić information content (AvgIpc) is 2.95. The molecule has 0 aromatic carbocycles. The third kappa shape index (κ3) is 2.97. The van der Waals surface area contributed by atoms with E-state index in [0.717, 1.165) is 28.6 Å². The van der Waals surface area contributed by atoms with Gasteiger partial charge in [0.05, 0.1) is 5.75 Å². The monoisotopic (exact) mass is 323 g/mol. The number of aromatic nitrogens is 2. The lowest BCUT2D eigenvalue weighted by atomic mass is 9.49. The van der Waals surface area contributed by atoms with Crippen LogP contribution in [0.25, 0.3) is 0 Å². The third-order valence-corrected chi connectivity index (χ3v) is 7.35. The molecule has 1 aromatic rings. The lowest BCUT2D eigenvalue weighted by Crippen LogP contribution is -2.51. The first kappa shape index (κ1) is 14.0. The molecule has 4 fully saturated rings. The molecule has 5 rings (SSSR count). The molecule has 1 aromatic heterocycles. The van der Waals surface area contributed by atoms with Gasteiger partial charge in [-0.3, -0.25) is 4.79 Å². The first-order valence-corrected chi connectivity index (χ1v) is 9.73. The van der Waals surface area contributed by atoms with Gasteiger partial charge in [-0.25, -0.2) is 0 Å². The highest BCUT2D eigenvalue weighted by Gasteiger charge is 2.50. The zero-order valence-corrected chi connectivity index (χ0v) is 13.7. The van der Waals surface area contributed by atoms with E-state index in [1.807, 2.05) is 0 Å². The summed E-state index contributed by atoms with van der Waals surface area (Å²) in [6, 6.07) is 0. The normalized spacial score (nSPS) is 36.9. The van der Waals surface area contributed by atoms with Crippen LogP contribution in [0.4, 0.5) is 0 Å². The summed E-state index contributed by atoms with van der Waals surface area (Å²) in [5.74, 6) is 3.45. The molecule has 4 saturated carbocycles. The van der Waals surface area contributed by atoms with E-state index in [4.69, 9.17) is 0 Å². The van der Waals surface area contributed by atoms with Gasteiger partial charge in [0.1, 0.15) is 5.51 Å².